The first-order chi connectivity index (χ1) is 10.00. The quantitative estimate of drug-likeness (QED) is 0.737. The Balaban J connectivity index is 2.00. The lowest BCUT2D eigenvalue weighted by atomic mass is 9.80. The zero-order valence-corrected chi connectivity index (χ0v) is 14.1. The molecule has 1 aromatic rings. The second-order valence-electron chi connectivity index (χ2n) is 6.09. The van der Waals surface area contributed by atoms with Crippen molar-refractivity contribution in [3.05, 3.63) is 34.3 Å². The second kappa shape index (κ2) is 7.68. The summed E-state index contributed by atoms with van der Waals surface area (Å²) in [5.74, 6) is -2.09. The summed E-state index contributed by atoms with van der Waals surface area (Å²) in [5, 5.41) is 3.57. The van der Waals surface area contributed by atoms with Crippen molar-refractivity contribution < 1.29 is 8.78 Å². The van der Waals surface area contributed by atoms with E-state index in [4.69, 9.17) is 0 Å². The number of hydrogen-bond donors (Lipinski definition) is 1. The second-order valence-corrected chi connectivity index (χ2v) is 7.00. The highest BCUT2D eigenvalue weighted by atomic mass is 79.9. The summed E-state index contributed by atoms with van der Waals surface area (Å²) in [6.07, 6.45) is 3.32. The number of halogens is 3. The van der Waals surface area contributed by atoms with Gasteiger partial charge in [0.2, 0.25) is 5.92 Å². The molecule has 0 aromatic heterocycles. The van der Waals surface area contributed by atoms with Crippen LogP contribution in [0.1, 0.15) is 44.6 Å². The van der Waals surface area contributed by atoms with E-state index in [1.807, 2.05) is 12.1 Å². The van der Waals surface area contributed by atoms with Gasteiger partial charge in [0.15, 0.2) is 0 Å². The van der Waals surface area contributed by atoms with Crippen LogP contribution < -0.4 is 5.32 Å². The van der Waals surface area contributed by atoms with E-state index in [1.54, 1.807) is 0 Å². The molecule has 1 aromatic carbocycles. The zero-order valence-electron chi connectivity index (χ0n) is 12.5. The largest absolute Gasteiger partial charge is 0.313 e. The molecule has 21 heavy (non-hydrogen) atoms. The minimum absolute atomic E-state index is 0.0421. The first kappa shape index (κ1) is 16.9. The normalized spacial score (nSPS) is 20.4. The number of hydrogen-bond acceptors (Lipinski definition) is 1. The average Bonchev–Trinajstić information content (AvgIpc) is 2.44. The molecule has 4 heteroatoms. The number of alkyl halides is 2. The topological polar surface area (TPSA) is 12.0 Å². The minimum Gasteiger partial charge on any atom is -0.313 e. The molecule has 1 aliphatic rings. The molecule has 1 aliphatic carbocycles. The van der Waals surface area contributed by atoms with Gasteiger partial charge in [-0.2, -0.15) is 0 Å². The van der Waals surface area contributed by atoms with Crippen LogP contribution in [0.2, 0.25) is 0 Å². The van der Waals surface area contributed by atoms with Gasteiger partial charge in [-0.25, -0.2) is 8.78 Å². The van der Waals surface area contributed by atoms with Crippen molar-refractivity contribution in [2.45, 2.75) is 57.4 Å². The van der Waals surface area contributed by atoms with Gasteiger partial charge >= 0.3 is 0 Å². The van der Waals surface area contributed by atoms with Crippen molar-refractivity contribution >= 4 is 15.9 Å². The predicted octanol–water partition coefficient (Wildman–Crippen LogP) is 5.19. The Morgan fingerprint density at radius 1 is 1.33 bits per heavy atom. The summed E-state index contributed by atoms with van der Waals surface area (Å²) in [6, 6.07) is 8.58. The molecule has 0 radical (unpaired) electrons. The van der Waals surface area contributed by atoms with Crippen LogP contribution in [0.15, 0.2) is 28.7 Å². The van der Waals surface area contributed by atoms with Crippen LogP contribution in [0, 0.1) is 5.92 Å². The molecule has 1 saturated carbocycles. The van der Waals surface area contributed by atoms with Gasteiger partial charge in [0.25, 0.3) is 0 Å². The van der Waals surface area contributed by atoms with Gasteiger partial charge in [-0.1, -0.05) is 35.0 Å². The molecule has 0 spiro atoms. The van der Waals surface area contributed by atoms with E-state index in [9.17, 15) is 8.78 Å². The SMILES string of the molecule is CCCNC(Cc1cccc(Br)c1)C1CCC(F)(F)CC1. The molecule has 0 saturated heterocycles. The Morgan fingerprint density at radius 3 is 2.67 bits per heavy atom. The molecule has 1 unspecified atom stereocenters. The number of rotatable bonds is 6. The van der Waals surface area contributed by atoms with E-state index >= 15 is 0 Å². The van der Waals surface area contributed by atoms with Crippen LogP contribution >= 0.6 is 15.9 Å². The van der Waals surface area contributed by atoms with Gasteiger partial charge in [-0.3, -0.25) is 0 Å². The highest BCUT2D eigenvalue weighted by Crippen LogP contribution is 2.38. The molecule has 0 heterocycles. The van der Waals surface area contributed by atoms with Crippen LogP contribution in [0.25, 0.3) is 0 Å². The standard InChI is InChI=1S/C17H24BrF2N/c1-2-10-21-16(12-13-4-3-5-15(18)11-13)14-6-8-17(19,20)9-7-14/h3-5,11,14,16,21H,2,6-10,12H2,1H3. The molecule has 0 bridgehead atoms. The molecule has 1 N–H and O–H groups in total. The van der Waals surface area contributed by atoms with E-state index in [0.29, 0.717) is 24.8 Å². The van der Waals surface area contributed by atoms with Crippen LogP contribution in [0.4, 0.5) is 8.78 Å². The Bertz CT molecular complexity index is 440. The lowest BCUT2D eigenvalue weighted by Crippen LogP contribution is -2.41. The summed E-state index contributed by atoms with van der Waals surface area (Å²) in [5.41, 5.74) is 1.26. The third-order valence-corrected chi connectivity index (χ3v) is 4.83. The monoisotopic (exact) mass is 359 g/mol. The third-order valence-electron chi connectivity index (χ3n) is 4.33. The Hall–Kier alpha value is -0.480. The highest BCUT2D eigenvalue weighted by molar-refractivity contribution is 9.10. The van der Waals surface area contributed by atoms with Gasteiger partial charge in [0.05, 0.1) is 0 Å². The van der Waals surface area contributed by atoms with Gasteiger partial charge in [-0.05, 0) is 55.8 Å². The fourth-order valence-corrected chi connectivity index (χ4v) is 3.56. The third kappa shape index (κ3) is 5.33. The minimum atomic E-state index is -2.44. The molecule has 0 aliphatic heterocycles. The molecule has 1 atom stereocenters. The molecule has 0 amide bonds. The smallest absolute Gasteiger partial charge is 0.248 e. The Kier molecular flexibility index (Phi) is 6.18. The predicted molar refractivity (Wildman–Crippen MR) is 86.8 cm³/mol. The summed E-state index contributed by atoms with van der Waals surface area (Å²) >= 11 is 3.50. The van der Waals surface area contributed by atoms with Crippen LogP contribution in [-0.4, -0.2) is 18.5 Å². The maximum Gasteiger partial charge on any atom is 0.248 e. The van der Waals surface area contributed by atoms with Gasteiger partial charge < -0.3 is 5.32 Å². The lowest BCUT2D eigenvalue weighted by Gasteiger charge is -2.34. The summed E-state index contributed by atoms with van der Waals surface area (Å²) in [6.45, 7) is 3.09. The molecule has 2 rings (SSSR count). The van der Waals surface area contributed by atoms with E-state index in [1.165, 1.54) is 5.56 Å². The van der Waals surface area contributed by atoms with Crippen molar-refractivity contribution in [2.75, 3.05) is 6.54 Å². The Morgan fingerprint density at radius 2 is 2.05 bits per heavy atom. The molecular weight excluding hydrogens is 336 g/mol. The maximum absolute atomic E-state index is 13.3. The summed E-state index contributed by atoms with van der Waals surface area (Å²) in [4.78, 5) is 0. The van der Waals surface area contributed by atoms with Crippen molar-refractivity contribution in [2.24, 2.45) is 5.92 Å². The van der Waals surface area contributed by atoms with E-state index in [-0.39, 0.29) is 12.8 Å². The molecule has 1 nitrogen and oxygen atoms in total. The fraction of sp³-hybridized carbons (Fsp3) is 0.647. The first-order valence-electron chi connectivity index (χ1n) is 7.86. The van der Waals surface area contributed by atoms with Crippen molar-refractivity contribution in [3.63, 3.8) is 0 Å². The van der Waals surface area contributed by atoms with E-state index in [0.717, 1.165) is 23.9 Å². The van der Waals surface area contributed by atoms with E-state index < -0.39 is 5.92 Å². The van der Waals surface area contributed by atoms with Crippen LogP contribution in [0.3, 0.4) is 0 Å². The van der Waals surface area contributed by atoms with Crippen molar-refractivity contribution in [3.8, 4) is 0 Å². The summed E-state index contributed by atoms with van der Waals surface area (Å²) in [7, 11) is 0. The molecule has 118 valence electrons. The van der Waals surface area contributed by atoms with Crippen molar-refractivity contribution in [1.29, 1.82) is 0 Å². The maximum atomic E-state index is 13.3. The fourth-order valence-electron chi connectivity index (χ4n) is 3.12. The van der Waals surface area contributed by atoms with Gasteiger partial charge in [0, 0.05) is 23.4 Å². The molecular formula is C17H24BrF2N. The number of nitrogens with one attached hydrogen (secondary N) is 1. The first-order valence-corrected chi connectivity index (χ1v) is 8.65. The van der Waals surface area contributed by atoms with Gasteiger partial charge in [0.1, 0.15) is 0 Å². The van der Waals surface area contributed by atoms with Crippen LogP contribution in [-0.2, 0) is 6.42 Å². The lowest BCUT2D eigenvalue weighted by molar-refractivity contribution is -0.0495. The van der Waals surface area contributed by atoms with Crippen molar-refractivity contribution in [1.82, 2.24) is 5.32 Å². The zero-order chi connectivity index (χ0) is 15.3. The molecule has 1 fully saturated rings. The van der Waals surface area contributed by atoms with E-state index in [2.05, 4.69) is 40.3 Å². The van der Waals surface area contributed by atoms with Crippen LogP contribution in [0.5, 0.6) is 0 Å². The summed E-state index contributed by atoms with van der Waals surface area (Å²) < 4.78 is 27.8. The Labute approximate surface area is 134 Å². The average molecular weight is 360 g/mol. The highest BCUT2D eigenvalue weighted by Gasteiger charge is 2.37. The van der Waals surface area contributed by atoms with Gasteiger partial charge in [-0.15, -0.1) is 0 Å². The number of benzene rings is 1.